The van der Waals surface area contributed by atoms with E-state index in [0.717, 1.165) is 5.75 Å². The van der Waals surface area contributed by atoms with Crippen molar-refractivity contribution >= 4 is 0 Å². The maximum absolute atomic E-state index is 6.07. The minimum absolute atomic E-state index is 0.0115. The molecule has 0 N–H and O–H groups in total. The average Bonchev–Trinajstić information content (AvgIpc) is 2.68. The van der Waals surface area contributed by atoms with E-state index in [1.54, 1.807) is 0 Å². The first-order valence-corrected chi connectivity index (χ1v) is 9.31. The van der Waals surface area contributed by atoms with Crippen LogP contribution in [0.15, 0.2) is 78.9 Å². The summed E-state index contributed by atoms with van der Waals surface area (Å²) >= 11 is 0. The first-order valence-electron chi connectivity index (χ1n) is 9.31. The van der Waals surface area contributed by atoms with Crippen molar-refractivity contribution in [2.75, 3.05) is 0 Å². The Morgan fingerprint density at radius 2 is 1.46 bits per heavy atom. The van der Waals surface area contributed by atoms with Crippen LogP contribution in [-0.4, -0.2) is 0 Å². The van der Waals surface area contributed by atoms with Gasteiger partial charge < -0.3 is 4.74 Å². The molecule has 26 heavy (non-hydrogen) atoms. The molecule has 3 rings (SSSR count). The fraction of sp³-hybridized carbons (Fsp3) is 0.280. The fourth-order valence-electron chi connectivity index (χ4n) is 3.52. The molecule has 134 valence electrons. The molecule has 0 fully saturated rings. The summed E-state index contributed by atoms with van der Waals surface area (Å²) in [5.41, 5.74) is 5.22. The van der Waals surface area contributed by atoms with Gasteiger partial charge in [0.15, 0.2) is 0 Å². The van der Waals surface area contributed by atoms with E-state index in [1.807, 2.05) is 18.2 Å². The number of rotatable bonds is 6. The van der Waals surface area contributed by atoms with Gasteiger partial charge in [0.1, 0.15) is 12.4 Å². The van der Waals surface area contributed by atoms with E-state index in [-0.39, 0.29) is 5.41 Å². The third-order valence-electron chi connectivity index (χ3n) is 5.53. The molecule has 0 saturated heterocycles. The molecular formula is C25H28O. The number of aryl methyl sites for hydroxylation is 1. The Labute approximate surface area is 157 Å². The van der Waals surface area contributed by atoms with Gasteiger partial charge in [-0.3, -0.25) is 0 Å². The quantitative estimate of drug-likeness (QED) is 0.486. The summed E-state index contributed by atoms with van der Waals surface area (Å²) in [5.74, 6) is 1.34. The Morgan fingerprint density at radius 3 is 2.12 bits per heavy atom. The van der Waals surface area contributed by atoms with Gasteiger partial charge in [-0.2, -0.15) is 0 Å². The van der Waals surface area contributed by atoms with Crippen LogP contribution in [-0.2, 0) is 12.0 Å². The zero-order valence-electron chi connectivity index (χ0n) is 16.2. The fourth-order valence-corrected chi connectivity index (χ4v) is 3.52. The molecule has 0 aliphatic carbocycles. The van der Waals surface area contributed by atoms with Crippen LogP contribution in [0.4, 0.5) is 0 Å². The van der Waals surface area contributed by atoms with Crippen molar-refractivity contribution < 1.29 is 4.74 Å². The topological polar surface area (TPSA) is 9.23 Å². The molecule has 0 saturated carbocycles. The van der Waals surface area contributed by atoms with Crippen LogP contribution >= 0.6 is 0 Å². The van der Waals surface area contributed by atoms with Gasteiger partial charge >= 0.3 is 0 Å². The largest absolute Gasteiger partial charge is 0.489 e. The minimum atomic E-state index is 0.0115. The highest BCUT2D eigenvalue weighted by Crippen LogP contribution is 2.41. The van der Waals surface area contributed by atoms with Crippen molar-refractivity contribution in [2.45, 2.75) is 45.6 Å². The number of hydrogen-bond donors (Lipinski definition) is 0. The molecule has 0 radical (unpaired) electrons. The molecule has 1 heteroatoms. The van der Waals surface area contributed by atoms with Crippen LogP contribution in [0.3, 0.4) is 0 Å². The molecule has 3 aromatic rings. The van der Waals surface area contributed by atoms with Crippen LogP contribution in [0.1, 0.15) is 48.9 Å². The van der Waals surface area contributed by atoms with E-state index in [9.17, 15) is 0 Å². The molecule has 1 nitrogen and oxygen atoms in total. The van der Waals surface area contributed by atoms with Crippen LogP contribution in [0.5, 0.6) is 5.75 Å². The number of benzene rings is 3. The van der Waals surface area contributed by atoms with Crippen molar-refractivity contribution in [1.29, 1.82) is 0 Å². The van der Waals surface area contributed by atoms with Crippen LogP contribution < -0.4 is 4.74 Å². The van der Waals surface area contributed by atoms with Crippen LogP contribution in [0, 0.1) is 6.92 Å². The lowest BCUT2D eigenvalue weighted by Crippen LogP contribution is -2.26. The lowest BCUT2D eigenvalue weighted by Gasteiger charge is -2.34. The van der Waals surface area contributed by atoms with E-state index in [0.29, 0.717) is 12.5 Å². The summed E-state index contributed by atoms with van der Waals surface area (Å²) in [7, 11) is 0. The van der Waals surface area contributed by atoms with E-state index in [2.05, 4.69) is 88.4 Å². The predicted octanol–water partition coefficient (Wildman–Crippen LogP) is 6.66. The van der Waals surface area contributed by atoms with Crippen molar-refractivity contribution in [1.82, 2.24) is 0 Å². The van der Waals surface area contributed by atoms with Crippen molar-refractivity contribution in [3.8, 4) is 5.75 Å². The lowest BCUT2D eigenvalue weighted by molar-refractivity contribution is 0.304. The normalized spacial score (nSPS) is 12.6. The highest BCUT2D eigenvalue weighted by Gasteiger charge is 2.30. The Morgan fingerprint density at radius 1 is 0.846 bits per heavy atom. The molecule has 1 atom stereocenters. The molecule has 0 heterocycles. The maximum atomic E-state index is 6.07. The van der Waals surface area contributed by atoms with E-state index in [1.165, 1.54) is 22.3 Å². The Balaban J connectivity index is 1.84. The minimum Gasteiger partial charge on any atom is -0.489 e. The molecule has 0 bridgehead atoms. The highest BCUT2D eigenvalue weighted by atomic mass is 16.5. The maximum Gasteiger partial charge on any atom is 0.120 e. The Kier molecular flexibility index (Phi) is 5.46. The monoisotopic (exact) mass is 344 g/mol. The molecule has 1 unspecified atom stereocenters. The number of ether oxygens (including phenoxy) is 1. The van der Waals surface area contributed by atoms with Crippen LogP contribution in [0.2, 0.25) is 0 Å². The van der Waals surface area contributed by atoms with Gasteiger partial charge in [0.25, 0.3) is 0 Å². The molecule has 0 aliphatic rings. The molecule has 0 spiro atoms. The Hall–Kier alpha value is -2.54. The summed E-state index contributed by atoms with van der Waals surface area (Å²) in [5, 5.41) is 0. The third kappa shape index (κ3) is 3.99. The number of hydrogen-bond acceptors (Lipinski definition) is 1. The summed E-state index contributed by atoms with van der Waals surface area (Å²) in [6.45, 7) is 9.75. The molecule has 0 aliphatic heterocycles. The average molecular weight is 344 g/mol. The van der Waals surface area contributed by atoms with Gasteiger partial charge in [-0.05, 0) is 52.6 Å². The van der Waals surface area contributed by atoms with Crippen molar-refractivity contribution in [2.24, 2.45) is 0 Å². The summed E-state index contributed by atoms with van der Waals surface area (Å²) < 4.78 is 6.07. The second-order valence-electron chi connectivity index (χ2n) is 7.61. The smallest absolute Gasteiger partial charge is 0.120 e. The molecular weight excluding hydrogens is 316 g/mol. The molecule has 3 aromatic carbocycles. The summed E-state index contributed by atoms with van der Waals surface area (Å²) in [6.07, 6.45) is 0. The first kappa shape index (κ1) is 18.3. The van der Waals surface area contributed by atoms with Crippen molar-refractivity contribution in [3.05, 3.63) is 101 Å². The second kappa shape index (κ2) is 7.78. The predicted molar refractivity (Wildman–Crippen MR) is 110 cm³/mol. The standard InChI is InChI=1S/C25H28O/c1-19-15-16-23(26-18-21-11-7-5-8-12-21)17-24(19)25(3,4)20(2)22-13-9-6-10-14-22/h5-17,20H,18H2,1-4H3. The second-order valence-corrected chi connectivity index (χ2v) is 7.61. The van der Waals surface area contributed by atoms with Crippen LogP contribution in [0.25, 0.3) is 0 Å². The molecule has 0 amide bonds. The highest BCUT2D eigenvalue weighted by molar-refractivity contribution is 5.42. The lowest BCUT2D eigenvalue weighted by atomic mass is 9.70. The summed E-state index contributed by atoms with van der Waals surface area (Å²) in [4.78, 5) is 0. The van der Waals surface area contributed by atoms with E-state index >= 15 is 0 Å². The van der Waals surface area contributed by atoms with Gasteiger partial charge in [0.05, 0.1) is 0 Å². The van der Waals surface area contributed by atoms with Crippen molar-refractivity contribution in [3.63, 3.8) is 0 Å². The summed E-state index contributed by atoms with van der Waals surface area (Å²) in [6, 6.07) is 27.5. The van der Waals surface area contributed by atoms with Gasteiger partial charge in [0.2, 0.25) is 0 Å². The third-order valence-corrected chi connectivity index (χ3v) is 5.53. The van der Waals surface area contributed by atoms with Gasteiger partial charge in [0, 0.05) is 0 Å². The zero-order chi connectivity index (χ0) is 18.6. The van der Waals surface area contributed by atoms with E-state index < -0.39 is 0 Å². The van der Waals surface area contributed by atoms with Gasteiger partial charge in [-0.15, -0.1) is 0 Å². The van der Waals surface area contributed by atoms with E-state index in [4.69, 9.17) is 4.74 Å². The SMILES string of the molecule is Cc1ccc(OCc2ccccc2)cc1C(C)(C)C(C)c1ccccc1. The van der Waals surface area contributed by atoms with Gasteiger partial charge in [-0.25, -0.2) is 0 Å². The molecule has 0 aromatic heterocycles. The first-order chi connectivity index (χ1) is 12.5. The zero-order valence-corrected chi connectivity index (χ0v) is 16.2. The van der Waals surface area contributed by atoms with Gasteiger partial charge in [-0.1, -0.05) is 87.5 Å². The Bertz CT molecular complexity index is 835.